The van der Waals surface area contributed by atoms with E-state index in [0.29, 0.717) is 11.4 Å². The van der Waals surface area contributed by atoms with Crippen LogP contribution in [0.15, 0.2) is 78.9 Å². The minimum absolute atomic E-state index is 0.0910. The van der Waals surface area contributed by atoms with Crippen molar-refractivity contribution in [2.24, 2.45) is 0 Å². The average Bonchev–Trinajstić information content (AvgIpc) is 2.74. The van der Waals surface area contributed by atoms with Crippen molar-refractivity contribution < 1.29 is 19.1 Å². The molecule has 0 aliphatic rings. The number of nitrogens with one attached hydrogen (secondary N) is 2. The van der Waals surface area contributed by atoms with E-state index >= 15 is 0 Å². The first-order chi connectivity index (χ1) is 14.5. The van der Waals surface area contributed by atoms with Crippen molar-refractivity contribution in [3.63, 3.8) is 0 Å². The number of anilines is 2. The number of rotatable bonds is 7. The van der Waals surface area contributed by atoms with E-state index in [9.17, 15) is 14.4 Å². The molecule has 0 aliphatic heterocycles. The van der Waals surface area contributed by atoms with Crippen molar-refractivity contribution in [3.8, 4) is 11.1 Å². The van der Waals surface area contributed by atoms with Crippen molar-refractivity contribution in [2.75, 3.05) is 17.2 Å². The minimum Gasteiger partial charge on any atom is -0.455 e. The Morgan fingerprint density at radius 3 is 1.90 bits per heavy atom. The van der Waals surface area contributed by atoms with Crippen LogP contribution >= 0.6 is 0 Å². The van der Waals surface area contributed by atoms with Gasteiger partial charge in [0.05, 0.1) is 6.42 Å². The molecule has 30 heavy (non-hydrogen) atoms. The Balaban J connectivity index is 1.45. The van der Waals surface area contributed by atoms with E-state index in [1.807, 2.05) is 54.6 Å². The summed E-state index contributed by atoms with van der Waals surface area (Å²) in [6.07, 6.45) is 0.0910. The molecule has 0 aromatic heterocycles. The molecule has 0 spiro atoms. The number of carbonyl (C=O) groups is 3. The zero-order chi connectivity index (χ0) is 21.3. The lowest BCUT2D eigenvalue weighted by atomic mass is 10.0. The summed E-state index contributed by atoms with van der Waals surface area (Å²) in [4.78, 5) is 35.0. The van der Waals surface area contributed by atoms with Gasteiger partial charge in [0.2, 0.25) is 5.91 Å². The van der Waals surface area contributed by atoms with Crippen LogP contribution in [0.2, 0.25) is 0 Å². The predicted molar refractivity (Wildman–Crippen MR) is 116 cm³/mol. The number of hydrogen-bond donors (Lipinski definition) is 2. The summed E-state index contributed by atoms with van der Waals surface area (Å²) in [6, 6.07) is 24.3. The van der Waals surface area contributed by atoms with Crippen LogP contribution < -0.4 is 10.6 Å². The molecule has 152 valence electrons. The molecule has 2 amide bonds. The van der Waals surface area contributed by atoms with Crippen LogP contribution in [-0.4, -0.2) is 24.4 Å². The van der Waals surface area contributed by atoms with Gasteiger partial charge in [0.1, 0.15) is 0 Å². The molecule has 0 aliphatic carbocycles. The summed E-state index contributed by atoms with van der Waals surface area (Å²) < 4.78 is 5.06. The molecule has 6 heteroatoms. The molecular weight excluding hydrogens is 380 g/mol. The number of benzene rings is 3. The fraction of sp³-hybridized carbons (Fsp3) is 0.125. The Kier molecular flexibility index (Phi) is 6.95. The van der Waals surface area contributed by atoms with Crippen LogP contribution in [0.3, 0.4) is 0 Å². The maximum atomic E-state index is 12.0. The van der Waals surface area contributed by atoms with Gasteiger partial charge in [0.25, 0.3) is 5.91 Å². The topological polar surface area (TPSA) is 84.5 Å². The van der Waals surface area contributed by atoms with Gasteiger partial charge in [-0.3, -0.25) is 14.4 Å². The van der Waals surface area contributed by atoms with E-state index in [0.717, 1.165) is 16.7 Å². The highest BCUT2D eigenvalue weighted by atomic mass is 16.5. The summed E-state index contributed by atoms with van der Waals surface area (Å²) in [5.74, 6) is -1.08. The molecule has 3 rings (SSSR count). The maximum absolute atomic E-state index is 12.0. The molecule has 0 saturated carbocycles. The fourth-order valence-corrected chi connectivity index (χ4v) is 2.85. The van der Waals surface area contributed by atoms with Crippen LogP contribution in [0, 0.1) is 0 Å². The van der Waals surface area contributed by atoms with E-state index < -0.39 is 11.9 Å². The average molecular weight is 402 g/mol. The first-order valence-electron chi connectivity index (χ1n) is 9.47. The van der Waals surface area contributed by atoms with Gasteiger partial charge in [-0.25, -0.2) is 0 Å². The molecular formula is C24H22N2O4. The van der Waals surface area contributed by atoms with Gasteiger partial charge in [0.15, 0.2) is 6.61 Å². The standard InChI is InChI=1S/C24H22N2O4/c1-17(27)25-21-11-13-22(14-12-21)26-23(28)16-30-24(29)15-18-7-9-20(10-8-18)19-5-3-2-4-6-19/h2-14H,15-16H2,1H3,(H,25,27)(H,26,28). The monoisotopic (exact) mass is 402 g/mol. The summed E-state index contributed by atoms with van der Waals surface area (Å²) in [5.41, 5.74) is 4.16. The molecule has 0 fully saturated rings. The minimum atomic E-state index is -0.474. The van der Waals surface area contributed by atoms with Crippen LogP contribution in [0.4, 0.5) is 11.4 Å². The predicted octanol–water partition coefficient (Wildman–Crippen LogP) is 4.04. The zero-order valence-corrected chi connectivity index (χ0v) is 16.6. The SMILES string of the molecule is CC(=O)Nc1ccc(NC(=O)COC(=O)Cc2ccc(-c3ccccc3)cc2)cc1. The molecule has 6 nitrogen and oxygen atoms in total. The lowest BCUT2D eigenvalue weighted by Gasteiger charge is -2.08. The molecule has 0 atom stereocenters. The van der Waals surface area contributed by atoms with Crippen molar-refractivity contribution in [1.82, 2.24) is 0 Å². The van der Waals surface area contributed by atoms with E-state index in [1.165, 1.54) is 6.92 Å². The molecule has 2 N–H and O–H groups in total. The van der Waals surface area contributed by atoms with E-state index in [4.69, 9.17) is 4.74 Å². The Bertz CT molecular complexity index is 1010. The summed E-state index contributed by atoms with van der Waals surface area (Å²) in [6.45, 7) is 1.05. The lowest BCUT2D eigenvalue weighted by molar-refractivity contribution is -0.146. The number of hydrogen-bond acceptors (Lipinski definition) is 4. The summed E-state index contributed by atoms with van der Waals surface area (Å²) in [7, 11) is 0. The highest BCUT2D eigenvalue weighted by Gasteiger charge is 2.09. The molecule has 0 unspecified atom stereocenters. The van der Waals surface area contributed by atoms with Crippen LogP contribution in [0.25, 0.3) is 11.1 Å². The fourth-order valence-electron chi connectivity index (χ4n) is 2.85. The molecule has 0 heterocycles. The first kappa shape index (κ1) is 20.8. The van der Waals surface area contributed by atoms with Gasteiger partial charge in [-0.15, -0.1) is 0 Å². The molecule has 3 aromatic carbocycles. The number of carbonyl (C=O) groups excluding carboxylic acids is 3. The Morgan fingerprint density at radius 2 is 1.30 bits per heavy atom. The number of ether oxygens (including phenoxy) is 1. The Hall–Kier alpha value is -3.93. The second-order valence-corrected chi connectivity index (χ2v) is 6.71. The molecule has 0 saturated heterocycles. The quantitative estimate of drug-likeness (QED) is 0.584. The van der Waals surface area contributed by atoms with Crippen LogP contribution in [-0.2, 0) is 25.5 Å². The second kappa shape index (κ2) is 10.0. The number of amides is 2. The normalized spacial score (nSPS) is 10.2. The third-order valence-corrected chi connectivity index (χ3v) is 4.26. The van der Waals surface area contributed by atoms with Crippen LogP contribution in [0.1, 0.15) is 12.5 Å². The van der Waals surface area contributed by atoms with Crippen molar-refractivity contribution in [3.05, 3.63) is 84.4 Å². The molecule has 3 aromatic rings. The molecule has 0 bridgehead atoms. The lowest BCUT2D eigenvalue weighted by Crippen LogP contribution is -2.21. The Morgan fingerprint density at radius 1 is 0.733 bits per heavy atom. The van der Waals surface area contributed by atoms with E-state index in [-0.39, 0.29) is 18.9 Å². The third-order valence-electron chi connectivity index (χ3n) is 4.26. The van der Waals surface area contributed by atoms with Gasteiger partial charge < -0.3 is 15.4 Å². The van der Waals surface area contributed by atoms with Gasteiger partial charge in [0, 0.05) is 18.3 Å². The highest BCUT2D eigenvalue weighted by molar-refractivity contribution is 5.93. The molecule has 0 radical (unpaired) electrons. The number of esters is 1. The first-order valence-corrected chi connectivity index (χ1v) is 9.47. The maximum Gasteiger partial charge on any atom is 0.310 e. The third kappa shape index (κ3) is 6.31. The highest BCUT2D eigenvalue weighted by Crippen LogP contribution is 2.19. The van der Waals surface area contributed by atoms with Crippen LogP contribution in [0.5, 0.6) is 0 Å². The van der Waals surface area contributed by atoms with Gasteiger partial charge in [-0.2, -0.15) is 0 Å². The zero-order valence-electron chi connectivity index (χ0n) is 16.6. The van der Waals surface area contributed by atoms with Gasteiger partial charge in [-0.1, -0.05) is 54.6 Å². The van der Waals surface area contributed by atoms with Gasteiger partial charge >= 0.3 is 5.97 Å². The van der Waals surface area contributed by atoms with Gasteiger partial charge in [-0.05, 0) is 41.0 Å². The van der Waals surface area contributed by atoms with E-state index in [1.54, 1.807) is 24.3 Å². The van der Waals surface area contributed by atoms with Crippen molar-refractivity contribution in [2.45, 2.75) is 13.3 Å². The summed E-state index contributed by atoms with van der Waals surface area (Å²) in [5, 5.41) is 5.28. The smallest absolute Gasteiger partial charge is 0.310 e. The van der Waals surface area contributed by atoms with Crippen molar-refractivity contribution in [1.29, 1.82) is 0 Å². The summed E-state index contributed by atoms with van der Waals surface area (Å²) >= 11 is 0. The van der Waals surface area contributed by atoms with Crippen molar-refractivity contribution >= 4 is 29.2 Å². The largest absolute Gasteiger partial charge is 0.455 e. The van der Waals surface area contributed by atoms with E-state index in [2.05, 4.69) is 10.6 Å². The Labute approximate surface area is 174 Å². The second-order valence-electron chi connectivity index (χ2n) is 6.71.